The van der Waals surface area contributed by atoms with Crippen LogP contribution in [0.4, 0.5) is 5.69 Å². The number of carbonyl (C=O) groups excluding carboxylic acids is 1. The van der Waals surface area contributed by atoms with E-state index in [0.717, 1.165) is 17.0 Å². The minimum atomic E-state index is -0.151. The molecule has 0 spiro atoms. The number of rotatable bonds is 7. The summed E-state index contributed by atoms with van der Waals surface area (Å²) in [5, 5.41) is 5.92. The molecular weight excluding hydrogens is 348 g/mol. The summed E-state index contributed by atoms with van der Waals surface area (Å²) in [5.74, 6) is 1.32. The van der Waals surface area contributed by atoms with E-state index in [1.165, 1.54) is 5.56 Å². The summed E-state index contributed by atoms with van der Waals surface area (Å²) in [7, 11) is 1.59. The number of nitrogens with one attached hydrogen (secondary N) is 2. The van der Waals surface area contributed by atoms with Crippen LogP contribution in [0.3, 0.4) is 0 Å². The smallest absolute Gasteiger partial charge is 0.226 e. The first kappa shape index (κ1) is 19.7. The molecule has 0 saturated heterocycles. The number of benzene rings is 2. The van der Waals surface area contributed by atoms with E-state index in [1.807, 2.05) is 56.3 Å². The molecule has 0 saturated carbocycles. The molecule has 0 bridgehead atoms. The van der Waals surface area contributed by atoms with Gasteiger partial charge in [0.1, 0.15) is 11.5 Å². The van der Waals surface area contributed by atoms with Crippen molar-refractivity contribution in [2.45, 2.75) is 26.7 Å². The van der Waals surface area contributed by atoms with Gasteiger partial charge in [0.25, 0.3) is 0 Å². The van der Waals surface area contributed by atoms with Crippen LogP contribution in [0, 0.1) is 13.8 Å². The average molecular weight is 372 g/mol. The van der Waals surface area contributed by atoms with Crippen LogP contribution >= 0.6 is 12.2 Å². The molecule has 2 aromatic rings. The minimum Gasteiger partial charge on any atom is -0.495 e. The Morgan fingerprint density at radius 3 is 2.46 bits per heavy atom. The van der Waals surface area contributed by atoms with Gasteiger partial charge < -0.3 is 20.1 Å². The summed E-state index contributed by atoms with van der Waals surface area (Å²) in [6.45, 7) is 4.47. The first-order chi connectivity index (χ1) is 12.5. The Kier molecular flexibility index (Phi) is 7.41. The van der Waals surface area contributed by atoms with E-state index in [2.05, 4.69) is 10.6 Å². The van der Waals surface area contributed by atoms with Crippen LogP contribution in [0.5, 0.6) is 11.5 Å². The number of anilines is 1. The molecule has 138 valence electrons. The van der Waals surface area contributed by atoms with Crippen molar-refractivity contribution < 1.29 is 14.3 Å². The average Bonchev–Trinajstić information content (AvgIpc) is 2.60. The molecule has 0 aromatic heterocycles. The summed E-state index contributed by atoms with van der Waals surface area (Å²) < 4.78 is 10.9. The second-order valence-corrected chi connectivity index (χ2v) is 6.38. The van der Waals surface area contributed by atoms with Crippen molar-refractivity contribution in [3.63, 3.8) is 0 Å². The van der Waals surface area contributed by atoms with Crippen LogP contribution in [0.15, 0.2) is 42.5 Å². The second kappa shape index (κ2) is 9.77. The quantitative estimate of drug-likeness (QED) is 0.569. The monoisotopic (exact) mass is 372 g/mol. The molecule has 0 atom stereocenters. The molecule has 6 heteroatoms. The maximum atomic E-state index is 12.0. The van der Waals surface area contributed by atoms with E-state index >= 15 is 0 Å². The molecule has 1 amide bonds. The SMILES string of the molecule is COc1ccc(C)cc1NC(=S)NC(=O)CCCOc1ccc(C)cc1. The Morgan fingerprint density at radius 2 is 1.77 bits per heavy atom. The lowest BCUT2D eigenvalue weighted by Gasteiger charge is -2.13. The minimum absolute atomic E-state index is 0.151. The van der Waals surface area contributed by atoms with Crippen LogP contribution in [-0.2, 0) is 4.79 Å². The Balaban J connectivity index is 1.72. The fourth-order valence-corrected chi connectivity index (χ4v) is 2.54. The number of methoxy groups -OCH3 is 1. The van der Waals surface area contributed by atoms with Crippen molar-refractivity contribution in [3.05, 3.63) is 53.6 Å². The fraction of sp³-hybridized carbons (Fsp3) is 0.300. The predicted octanol–water partition coefficient (Wildman–Crippen LogP) is 3.98. The molecule has 2 rings (SSSR count). The highest BCUT2D eigenvalue weighted by molar-refractivity contribution is 7.80. The van der Waals surface area contributed by atoms with E-state index in [0.29, 0.717) is 25.2 Å². The molecule has 0 radical (unpaired) electrons. The van der Waals surface area contributed by atoms with Crippen LogP contribution in [0.25, 0.3) is 0 Å². The Labute approximate surface area is 159 Å². The fourth-order valence-electron chi connectivity index (χ4n) is 2.32. The highest BCUT2D eigenvalue weighted by atomic mass is 32.1. The van der Waals surface area contributed by atoms with Crippen molar-refractivity contribution >= 4 is 28.9 Å². The third-order valence-electron chi connectivity index (χ3n) is 3.69. The normalized spacial score (nSPS) is 10.1. The first-order valence-electron chi connectivity index (χ1n) is 8.43. The molecule has 2 aromatic carbocycles. The highest BCUT2D eigenvalue weighted by Crippen LogP contribution is 2.25. The third kappa shape index (κ3) is 6.37. The van der Waals surface area contributed by atoms with Crippen LogP contribution in [0.2, 0.25) is 0 Å². The number of carbonyl (C=O) groups is 1. The summed E-state index contributed by atoms with van der Waals surface area (Å²) in [6.07, 6.45) is 0.939. The van der Waals surface area contributed by atoms with Gasteiger partial charge in [-0.05, 0) is 62.3 Å². The maximum Gasteiger partial charge on any atom is 0.226 e. The molecule has 0 aliphatic rings. The van der Waals surface area contributed by atoms with Gasteiger partial charge in [0, 0.05) is 6.42 Å². The van der Waals surface area contributed by atoms with Gasteiger partial charge in [-0.3, -0.25) is 4.79 Å². The molecular formula is C20H24N2O3S. The highest BCUT2D eigenvalue weighted by Gasteiger charge is 2.08. The van der Waals surface area contributed by atoms with Gasteiger partial charge in [-0.1, -0.05) is 23.8 Å². The van der Waals surface area contributed by atoms with E-state index < -0.39 is 0 Å². The van der Waals surface area contributed by atoms with Gasteiger partial charge in [-0.25, -0.2) is 0 Å². The van der Waals surface area contributed by atoms with E-state index in [-0.39, 0.29) is 11.0 Å². The van der Waals surface area contributed by atoms with Gasteiger partial charge in [0.2, 0.25) is 5.91 Å². The lowest BCUT2D eigenvalue weighted by atomic mass is 10.2. The Hall–Kier alpha value is -2.60. The summed E-state index contributed by atoms with van der Waals surface area (Å²) >= 11 is 5.20. The maximum absolute atomic E-state index is 12.0. The Bertz CT molecular complexity index is 760. The topological polar surface area (TPSA) is 59.6 Å². The van der Waals surface area contributed by atoms with E-state index in [1.54, 1.807) is 7.11 Å². The van der Waals surface area contributed by atoms with Gasteiger partial charge in [0.15, 0.2) is 5.11 Å². The Morgan fingerprint density at radius 1 is 1.08 bits per heavy atom. The zero-order chi connectivity index (χ0) is 18.9. The van der Waals surface area contributed by atoms with Crippen LogP contribution in [0.1, 0.15) is 24.0 Å². The zero-order valence-corrected chi connectivity index (χ0v) is 16.1. The van der Waals surface area contributed by atoms with Gasteiger partial charge >= 0.3 is 0 Å². The summed E-state index contributed by atoms with van der Waals surface area (Å²) in [5.41, 5.74) is 2.97. The van der Waals surface area contributed by atoms with Crippen molar-refractivity contribution in [1.82, 2.24) is 5.32 Å². The molecule has 0 heterocycles. The summed E-state index contributed by atoms with van der Waals surface area (Å²) in [6, 6.07) is 13.5. The first-order valence-corrected chi connectivity index (χ1v) is 8.83. The van der Waals surface area contributed by atoms with Crippen molar-refractivity contribution in [1.29, 1.82) is 0 Å². The molecule has 0 unspecified atom stereocenters. The van der Waals surface area contributed by atoms with E-state index in [4.69, 9.17) is 21.7 Å². The standard InChI is InChI=1S/C20H24N2O3S/c1-14-6-9-16(10-7-14)25-12-4-5-19(23)22-20(26)21-17-13-15(2)8-11-18(17)24-3/h6-11,13H,4-5,12H2,1-3H3,(H2,21,22,23,26). The van der Waals surface area contributed by atoms with Gasteiger partial charge in [0.05, 0.1) is 19.4 Å². The van der Waals surface area contributed by atoms with Crippen molar-refractivity contribution in [2.24, 2.45) is 0 Å². The second-order valence-electron chi connectivity index (χ2n) is 5.97. The van der Waals surface area contributed by atoms with Crippen LogP contribution < -0.4 is 20.1 Å². The molecule has 5 nitrogen and oxygen atoms in total. The lowest BCUT2D eigenvalue weighted by molar-refractivity contribution is -0.119. The number of hydrogen-bond donors (Lipinski definition) is 2. The molecule has 2 N–H and O–H groups in total. The third-order valence-corrected chi connectivity index (χ3v) is 3.90. The predicted molar refractivity (Wildman–Crippen MR) is 108 cm³/mol. The van der Waals surface area contributed by atoms with Crippen molar-refractivity contribution in [3.8, 4) is 11.5 Å². The number of thiocarbonyl (C=S) groups is 1. The molecule has 26 heavy (non-hydrogen) atoms. The zero-order valence-electron chi connectivity index (χ0n) is 15.3. The molecule has 0 aliphatic carbocycles. The molecule has 0 aliphatic heterocycles. The largest absolute Gasteiger partial charge is 0.495 e. The molecule has 0 fully saturated rings. The van der Waals surface area contributed by atoms with E-state index in [9.17, 15) is 4.79 Å². The van der Waals surface area contributed by atoms with Gasteiger partial charge in [-0.15, -0.1) is 0 Å². The number of ether oxygens (including phenoxy) is 2. The number of amides is 1. The van der Waals surface area contributed by atoms with Crippen molar-refractivity contribution in [2.75, 3.05) is 19.0 Å². The number of aryl methyl sites for hydroxylation is 2. The lowest BCUT2D eigenvalue weighted by Crippen LogP contribution is -2.34. The number of hydrogen-bond acceptors (Lipinski definition) is 4. The summed E-state index contributed by atoms with van der Waals surface area (Å²) in [4.78, 5) is 12.0. The van der Waals surface area contributed by atoms with Gasteiger partial charge in [-0.2, -0.15) is 0 Å². The van der Waals surface area contributed by atoms with Crippen LogP contribution in [-0.4, -0.2) is 24.7 Å².